The van der Waals surface area contributed by atoms with E-state index in [1.807, 2.05) is 11.4 Å². The summed E-state index contributed by atoms with van der Waals surface area (Å²) in [4.78, 5) is 1.17. The Labute approximate surface area is 119 Å². The van der Waals surface area contributed by atoms with E-state index in [0.29, 0.717) is 12.7 Å². The number of aliphatic hydroxyl groups is 1. The summed E-state index contributed by atoms with van der Waals surface area (Å²) in [6.07, 6.45) is 4.01. The zero-order valence-electron chi connectivity index (χ0n) is 11.7. The molecule has 1 aromatic heterocycles. The van der Waals surface area contributed by atoms with Gasteiger partial charge in [0.05, 0.1) is 12.7 Å². The van der Waals surface area contributed by atoms with Crippen molar-refractivity contribution in [3.05, 3.63) is 21.9 Å². The standard InChI is InChI=1S/C16H22O2S/c1-12-5-6-15(10-13(12)2)18-11-16-14(4-3-8-17)7-9-19-16/h7,9,12-13,15,17H,5-6,8,10-11H2,1-2H3. The molecule has 1 aromatic rings. The third kappa shape index (κ3) is 4.07. The van der Waals surface area contributed by atoms with Gasteiger partial charge in [0, 0.05) is 10.4 Å². The summed E-state index contributed by atoms with van der Waals surface area (Å²) in [5.74, 6) is 7.26. The van der Waals surface area contributed by atoms with Crippen molar-refractivity contribution in [3.63, 3.8) is 0 Å². The number of thiophene rings is 1. The number of hydrogen-bond donors (Lipinski definition) is 1. The molecule has 0 radical (unpaired) electrons. The lowest BCUT2D eigenvalue weighted by molar-refractivity contribution is -0.00640. The number of aliphatic hydroxyl groups excluding tert-OH is 1. The summed E-state index contributed by atoms with van der Waals surface area (Å²) >= 11 is 1.68. The van der Waals surface area contributed by atoms with E-state index in [-0.39, 0.29) is 6.61 Å². The van der Waals surface area contributed by atoms with Gasteiger partial charge < -0.3 is 9.84 Å². The van der Waals surface area contributed by atoms with Crippen LogP contribution in [-0.2, 0) is 11.3 Å². The Morgan fingerprint density at radius 2 is 2.21 bits per heavy atom. The summed E-state index contributed by atoms with van der Waals surface area (Å²) in [5.41, 5.74) is 0.997. The number of rotatable bonds is 3. The quantitative estimate of drug-likeness (QED) is 0.858. The van der Waals surface area contributed by atoms with Gasteiger partial charge in [-0.2, -0.15) is 0 Å². The predicted molar refractivity (Wildman–Crippen MR) is 79.0 cm³/mol. The second kappa shape index (κ2) is 7.09. The first-order valence-electron chi connectivity index (χ1n) is 6.98. The topological polar surface area (TPSA) is 29.5 Å². The molecule has 2 rings (SSSR count). The number of hydrogen-bond acceptors (Lipinski definition) is 3. The van der Waals surface area contributed by atoms with Crippen LogP contribution in [0.5, 0.6) is 0 Å². The Balaban J connectivity index is 1.87. The Morgan fingerprint density at radius 3 is 2.95 bits per heavy atom. The van der Waals surface area contributed by atoms with E-state index < -0.39 is 0 Å². The Bertz CT molecular complexity index is 455. The lowest BCUT2D eigenvalue weighted by Gasteiger charge is -2.31. The molecule has 3 heteroatoms. The first kappa shape index (κ1) is 14.6. The second-order valence-electron chi connectivity index (χ2n) is 5.42. The minimum atomic E-state index is -0.0891. The average Bonchev–Trinajstić information content (AvgIpc) is 2.85. The summed E-state index contributed by atoms with van der Waals surface area (Å²) < 4.78 is 6.05. The lowest BCUT2D eigenvalue weighted by atomic mass is 9.80. The van der Waals surface area contributed by atoms with Crippen molar-refractivity contribution < 1.29 is 9.84 Å². The normalized spacial score (nSPS) is 26.8. The zero-order chi connectivity index (χ0) is 13.7. The summed E-state index contributed by atoms with van der Waals surface area (Å²) in [5, 5.41) is 10.8. The van der Waals surface area contributed by atoms with Gasteiger partial charge in [-0.1, -0.05) is 25.7 Å². The number of ether oxygens (including phenoxy) is 1. The maximum atomic E-state index is 8.74. The van der Waals surface area contributed by atoms with Crippen LogP contribution in [0.15, 0.2) is 11.4 Å². The van der Waals surface area contributed by atoms with Crippen LogP contribution in [0, 0.1) is 23.7 Å². The van der Waals surface area contributed by atoms with Crippen LogP contribution in [0.1, 0.15) is 43.6 Å². The van der Waals surface area contributed by atoms with Crippen molar-refractivity contribution in [2.45, 2.75) is 45.8 Å². The monoisotopic (exact) mass is 278 g/mol. The minimum Gasteiger partial charge on any atom is -0.384 e. The molecule has 1 heterocycles. The van der Waals surface area contributed by atoms with E-state index in [0.717, 1.165) is 17.4 Å². The molecule has 0 amide bonds. The maximum absolute atomic E-state index is 8.74. The molecule has 3 atom stereocenters. The average molecular weight is 278 g/mol. The highest BCUT2D eigenvalue weighted by atomic mass is 32.1. The molecule has 0 aliphatic heterocycles. The van der Waals surface area contributed by atoms with Gasteiger partial charge >= 0.3 is 0 Å². The highest BCUT2D eigenvalue weighted by Gasteiger charge is 2.25. The molecule has 0 saturated heterocycles. The molecule has 1 aliphatic rings. The van der Waals surface area contributed by atoms with Gasteiger partial charge in [0.25, 0.3) is 0 Å². The molecule has 0 spiro atoms. The fourth-order valence-corrected chi connectivity index (χ4v) is 3.29. The smallest absolute Gasteiger partial charge is 0.104 e. The van der Waals surface area contributed by atoms with Crippen LogP contribution in [0.3, 0.4) is 0 Å². The fourth-order valence-electron chi connectivity index (χ4n) is 2.54. The largest absolute Gasteiger partial charge is 0.384 e. The molecule has 3 unspecified atom stereocenters. The van der Waals surface area contributed by atoms with E-state index in [1.54, 1.807) is 11.3 Å². The molecule has 2 nitrogen and oxygen atoms in total. The molecule has 1 fully saturated rings. The van der Waals surface area contributed by atoms with Crippen molar-refractivity contribution >= 4 is 11.3 Å². The first-order valence-corrected chi connectivity index (χ1v) is 7.86. The van der Waals surface area contributed by atoms with Gasteiger partial charge in [-0.3, -0.25) is 0 Å². The Morgan fingerprint density at radius 1 is 1.37 bits per heavy atom. The minimum absolute atomic E-state index is 0.0891. The molecule has 1 aliphatic carbocycles. The Kier molecular flexibility index (Phi) is 5.45. The van der Waals surface area contributed by atoms with Crippen molar-refractivity contribution in [2.75, 3.05) is 6.61 Å². The third-order valence-electron chi connectivity index (χ3n) is 4.05. The molecular weight excluding hydrogens is 256 g/mol. The van der Waals surface area contributed by atoms with Crippen molar-refractivity contribution in [2.24, 2.45) is 11.8 Å². The van der Waals surface area contributed by atoms with Gasteiger partial charge in [-0.25, -0.2) is 0 Å². The molecule has 19 heavy (non-hydrogen) atoms. The van der Waals surface area contributed by atoms with Crippen molar-refractivity contribution in [3.8, 4) is 11.8 Å². The van der Waals surface area contributed by atoms with Crippen molar-refractivity contribution in [1.29, 1.82) is 0 Å². The highest BCUT2D eigenvalue weighted by Crippen LogP contribution is 2.31. The van der Waals surface area contributed by atoms with Gasteiger partial charge in [-0.05, 0) is 42.5 Å². The Hall–Kier alpha value is -0.820. The summed E-state index contributed by atoms with van der Waals surface area (Å²) in [6, 6.07) is 2.00. The van der Waals surface area contributed by atoms with Crippen LogP contribution < -0.4 is 0 Å². The van der Waals surface area contributed by atoms with E-state index in [2.05, 4.69) is 25.7 Å². The molecular formula is C16H22O2S. The van der Waals surface area contributed by atoms with E-state index in [1.165, 1.54) is 24.1 Å². The van der Waals surface area contributed by atoms with Gasteiger partial charge in [0.15, 0.2) is 0 Å². The highest BCUT2D eigenvalue weighted by molar-refractivity contribution is 7.10. The van der Waals surface area contributed by atoms with Crippen molar-refractivity contribution in [1.82, 2.24) is 0 Å². The molecule has 0 bridgehead atoms. The SMILES string of the molecule is CC1CCC(OCc2sccc2C#CCO)CC1C. The lowest BCUT2D eigenvalue weighted by Crippen LogP contribution is -2.26. The molecule has 0 aromatic carbocycles. The van der Waals surface area contributed by atoms with Crippen LogP contribution in [-0.4, -0.2) is 17.8 Å². The fraction of sp³-hybridized carbons (Fsp3) is 0.625. The summed E-state index contributed by atoms with van der Waals surface area (Å²) in [7, 11) is 0. The van der Waals surface area contributed by atoms with Crippen LogP contribution in [0.25, 0.3) is 0 Å². The predicted octanol–water partition coefficient (Wildman–Crippen LogP) is 3.43. The van der Waals surface area contributed by atoms with Gasteiger partial charge in [0.2, 0.25) is 0 Å². The summed E-state index contributed by atoms with van der Waals surface area (Å²) in [6.45, 7) is 5.22. The molecule has 104 valence electrons. The molecule has 1 N–H and O–H groups in total. The second-order valence-corrected chi connectivity index (χ2v) is 6.42. The van der Waals surface area contributed by atoms with Gasteiger partial charge in [-0.15, -0.1) is 11.3 Å². The first-order chi connectivity index (χ1) is 9.20. The molecule has 1 saturated carbocycles. The zero-order valence-corrected chi connectivity index (χ0v) is 12.5. The van der Waals surface area contributed by atoms with Crippen LogP contribution >= 0.6 is 11.3 Å². The third-order valence-corrected chi connectivity index (χ3v) is 4.94. The van der Waals surface area contributed by atoms with Crippen LogP contribution in [0.2, 0.25) is 0 Å². The van der Waals surface area contributed by atoms with Gasteiger partial charge in [0.1, 0.15) is 6.61 Å². The van der Waals surface area contributed by atoms with E-state index in [9.17, 15) is 0 Å². The van der Waals surface area contributed by atoms with E-state index >= 15 is 0 Å². The maximum Gasteiger partial charge on any atom is 0.104 e. The van der Waals surface area contributed by atoms with Crippen LogP contribution in [0.4, 0.5) is 0 Å². The van der Waals surface area contributed by atoms with E-state index in [4.69, 9.17) is 9.84 Å².